The molecule has 2 aromatic carbocycles. The zero-order valence-electron chi connectivity index (χ0n) is 15.1. The molecule has 7 heteroatoms. The highest BCUT2D eigenvalue weighted by molar-refractivity contribution is 9.10. The highest BCUT2D eigenvalue weighted by Gasteiger charge is 2.22. The Morgan fingerprint density at radius 1 is 1.04 bits per heavy atom. The second-order valence-corrected chi connectivity index (χ2v) is 8.57. The maximum absolute atomic E-state index is 13.1. The number of piperazine rings is 1. The van der Waals surface area contributed by atoms with E-state index in [9.17, 15) is 9.18 Å². The van der Waals surface area contributed by atoms with E-state index in [4.69, 9.17) is 0 Å². The minimum atomic E-state index is -0.241. The number of rotatable bonds is 4. The van der Waals surface area contributed by atoms with Gasteiger partial charge >= 0.3 is 0 Å². The van der Waals surface area contributed by atoms with E-state index in [0.29, 0.717) is 13.1 Å². The van der Waals surface area contributed by atoms with Gasteiger partial charge in [0.15, 0.2) is 0 Å². The first kappa shape index (κ1) is 19.2. The minimum Gasteiger partial charge on any atom is -0.336 e. The molecule has 0 bridgehead atoms. The van der Waals surface area contributed by atoms with Gasteiger partial charge < -0.3 is 4.90 Å². The molecule has 1 amide bonds. The van der Waals surface area contributed by atoms with E-state index in [1.54, 1.807) is 23.5 Å². The maximum Gasteiger partial charge on any atom is 0.253 e. The Hall–Kier alpha value is -2.09. The molecule has 144 valence electrons. The number of thiazole rings is 1. The molecule has 4 rings (SSSR count). The van der Waals surface area contributed by atoms with Crippen LogP contribution in [0.2, 0.25) is 0 Å². The van der Waals surface area contributed by atoms with Gasteiger partial charge in [0.25, 0.3) is 5.91 Å². The van der Waals surface area contributed by atoms with Crippen LogP contribution in [0.5, 0.6) is 0 Å². The fourth-order valence-electron chi connectivity index (χ4n) is 3.21. The smallest absolute Gasteiger partial charge is 0.253 e. The summed E-state index contributed by atoms with van der Waals surface area (Å²) in [5.74, 6) is -0.158. The zero-order chi connectivity index (χ0) is 19.5. The van der Waals surface area contributed by atoms with E-state index in [0.717, 1.165) is 45.9 Å². The van der Waals surface area contributed by atoms with Crippen LogP contribution in [0.15, 0.2) is 58.4 Å². The highest BCUT2D eigenvalue weighted by atomic mass is 79.9. The van der Waals surface area contributed by atoms with Crippen LogP contribution in [0.3, 0.4) is 0 Å². The molecule has 0 atom stereocenters. The van der Waals surface area contributed by atoms with Gasteiger partial charge in [-0.3, -0.25) is 9.69 Å². The van der Waals surface area contributed by atoms with Crippen LogP contribution in [0, 0.1) is 5.82 Å². The summed E-state index contributed by atoms with van der Waals surface area (Å²) in [6.07, 6.45) is 0. The standard InChI is InChI=1S/C21H19BrFN3OS/c22-17-5-1-16(2-6-17)21(27)26-11-9-25(10-12-26)13-20-24-19(14-28-20)15-3-7-18(23)8-4-15/h1-8,14H,9-13H2. The predicted octanol–water partition coefficient (Wildman–Crippen LogP) is 4.67. The first-order valence-corrected chi connectivity index (χ1v) is 10.7. The number of carbonyl (C=O) groups excluding carboxylic acids is 1. The van der Waals surface area contributed by atoms with Crippen molar-refractivity contribution in [3.63, 3.8) is 0 Å². The van der Waals surface area contributed by atoms with Gasteiger partial charge in [-0.25, -0.2) is 9.37 Å². The van der Waals surface area contributed by atoms with E-state index in [-0.39, 0.29) is 11.7 Å². The molecule has 0 saturated carbocycles. The molecular weight excluding hydrogens is 441 g/mol. The molecular formula is C21H19BrFN3OS. The van der Waals surface area contributed by atoms with Crippen molar-refractivity contribution in [1.29, 1.82) is 0 Å². The minimum absolute atomic E-state index is 0.0833. The fourth-order valence-corrected chi connectivity index (χ4v) is 4.32. The second kappa shape index (κ2) is 8.51. The Morgan fingerprint density at radius 2 is 1.71 bits per heavy atom. The lowest BCUT2D eigenvalue weighted by atomic mass is 10.2. The molecule has 1 fully saturated rings. The Balaban J connectivity index is 1.33. The number of halogens is 2. The van der Waals surface area contributed by atoms with Gasteiger partial charge in [-0.2, -0.15) is 0 Å². The fraction of sp³-hybridized carbons (Fsp3) is 0.238. The Bertz CT molecular complexity index is 951. The molecule has 1 saturated heterocycles. The lowest BCUT2D eigenvalue weighted by Gasteiger charge is -2.34. The van der Waals surface area contributed by atoms with Crippen LogP contribution >= 0.6 is 27.3 Å². The van der Waals surface area contributed by atoms with Crippen molar-refractivity contribution in [2.75, 3.05) is 26.2 Å². The summed E-state index contributed by atoms with van der Waals surface area (Å²) in [6, 6.07) is 13.9. The number of hydrogen-bond acceptors (Lipinski definition) is 4. The van der Waals surface area contributed by atoms with Crippen molar-refractivity contribution in [3.05, 3.63) is 74.8 Å². The third-order valence-electron chi connectivity index (χ3n) is 4.80. The van der Waals surface area contributed by atoms with E-state index >= 15 is 0 Å². The largest absolute Gasteiger partial charge is 0.336 e. The molecule has 28 heavy (non-hydrogen) atoms. The van der Waals surface area contributed by atoms with Crippen LogP contribution in [0.4, 0.5) is 4.39 Å². The Labute approximate surface area is 175 Å². The number of aromatic nitrogens is 1. The molecule has 1 aromatic heterocycles. The Morgan fingerprint density at radius 3 is 2.39 bits per heavy atom. The molecule has 0 radical (unpaired) electrons. The van der Waals surface area contributed by atoms with E-state index in [1.165, 1.54) is 12.1 Å². The van der Waals surface area contributed by atoms with Crippen LogP contribution in [0.1, 0.15) is 15.4 Å². The van der Waals surface area contributed by atoms with Gasteiger partial charge in [-0.1, -0.05) is 15.9 Å². The first-order valence-electron chi connectivity index (χ1n) is 9.06. The van der Waals surface area contributed by atoms with Crippen molar-refractivity contribution in [3.8, 4) is 11.3 Å². The van der Waals surface area contributed by atoms with E-state index in [2.05, 4.69) is 25.8 Å². The Kier molecular flexibility index (Phi) is 5.85. The molecule has 3 aromatic rings. The summed E-state index contributed by atoms with van der Waals surface area (Å²) in [5.41, 5.74) is 2.53. The SMILES string of the molecule is O=C(c1ccc(Br)cc1)N1CCN(Cc2nc(-c3ccc(F)cc3)cs2)CC1. The summed E-state index contributed by atoms with van der Waals surface area (Å²) >= 11 is 5.01. The first-order chi connectivity index (χ1) is 13.6. The van der Waals surface area contributed by atoms with Gasteiger partial charge in [0, 0.05) is 47.2 Å². The van der Waals surface area contributed by atoms with Crippen molar-refractivity contribution in [2.45, 2.75) is 6.54 Å². The van der Waals surface area contributed by atoms with Gasteiger partial charge in [-0.15, -0.1) is 11.3 Å². The van der Waals surface area contributed by atoms with Crippen molar-refractivity contribution < 1.29 is 9.18 Å². The van der Waals surface area contributed by atoms with Crippen LogP contribution in [0.25, 0.3) is 11.3 Å². The average molecular weight is 460 g/mol. The normalized spacial score (nSPS) is 15.0. The highest BCUT2D eigenvalue weighted by Crippen LogP contribution is 2.23. The van der Waals surface area contributed by atoms with Gasteiger partial charge in [0.05, 0.1) is 12.2 Å². The van der Waals surface area contributed by atoms with E-state index < -0.39 is 0 Å². The quantitative estimate of drug-likeness (QED) is 0.568. The van der Waals surface area contributed by atoms with Crippen molar-refractivity contribution >= 4 is 33.2 Å². The summed E-state index contributed by atoms with van der Waals surface area (Å²) in [6.45, 7) is 3.85. The topological polar surface area (TPSA) is 36.4 Å². The van der Waals surface area contributed by atoms with Gasteiger partial charge in [0.2, 0.25) is 0 Å². The molecule has 0 unspecified atom stereocenters. The second-order valence-electron chi connectivity index (χ2n) is 6.71. The summed E-state index contributed by atoms with van der Waals surface area (Å²) in [4.78, 5) is 21.5. The number of nitrogens with zero attached hydrogens (tertiary/aromatic N) is 3. The monoisotopic (exact) mass is 459 g/mol. The third-order valence-corrected chi connectivity index (χ3v) is 6.16. The summed E-state index contributed by atoms with van der Waals surface area (Å²) in [5, 5.41) is 3.04. The third kappa shape index (κ3) is 4.48. The van der Waals surface area contributed by atoms with Crippen LogP contribution < -0.4 is 0 Å². The predicted molar refractivity (Wildman–Crippen MR) is 113 cm³/mol. The lowest BCUT2D eigenvalue weighted by Crippen LogP contribution is -2.48. The maximum atomic E-state index is 13.1. The van der Waals surface area contributed by atoms with Crippen molar-refractivity contribution in [2.24, 2.45) is 0 Å². The molecule has 2 heterocycles. The number of carbonyl (C=O) groups is 1. The number of benzene rings is 2. The number of hydrogen-bond donors (Lipinski definition) is 0. The molecule has 0 N–H and O–H groups in total. The van der Waals surface area contributed by atoms with Crippen molar-refractivity contribution in [1.82, 2.24) is 14.8 Å². The molecule has 1 aliphatic rings. The van der Waals surface area contributed by atoms with Gasteiger partial charge in [0.1, 0.15) is 10.8 Å². The molecule has 0 aliphatic carbocycles. The van der Waals surface area contributed by atoms with Crippen LogP contribution in [-0.4, -0.2) is 46.9 Å². The van der Waals surface area contributed by atoms with Gasteiger partial charge in [-0.05, 0) is 48.5 Å². The molecule has 0 spiro atoms. The number of amides is 1. The zero-order valence-corrected chi connectivity index (χ0v) is 17.5. The molecule has 4 nitrogen and oxygen atoms in total. The summed E-state index contributed by atoms with van der Waals surface area (Å²) < 4.78 is 14.0. The van der Waals surface area contributed by atoms with Crippen LogP contribution in [-0.2, 0) is 6.54 Å². The lowest BCUT2D eigenvalue weighted by molar-refractivity contribution is 0.0628. The summed E-state index contributed by atoms with van der Waals surface area (Å²) in [7, 11) is 0. The average Bonchev–Trinajstić information content (AvgIpc) is 3.18. The van der Waals surface area contributed by atoms with E-state index in [1.807, 2.05) is 34.5 Å². The molecule has 1 aliphatic heterocycles.